The van der Waals surface area contributed by atoms with Crippen molar-refractivity contribution in [2.24, 2.45) is 0 Å². The number of hydrogen-bond donors (Lipinski definition) is 1. The summed E-state index contributed by atoms with van der Waals surface area (Å²) < 4.78 is 14.2. The minimum absolute atomic E-state index is 0.0989. The van der Waals surface area contributed by atoms with Gasteiger partial charge in [-0.3, -0.25) is 0 Å². The quantitative estimate of drug-likeness (QED) is 0.808. The molecule has 106 valence electrons. The zero-order valence-electron chi connectivity index (χ0n) is 11.4. The zero-order chi connectivity index (χ0) is 14.7. The molecule has 0 saturated carbocycles. The SMILES string of the molecule is CNC(Cc1cc(F)cc(Br)c1)c1ccc(C)c(Cl)c1. The zero-order valence-corrected chi connectivity index (χ0v) is 13.7. The molecule has 4 heteroatoms. The van der Waals surface area contributed by atoms with Crippen molar-refractivity contribution >= 4 is 27.5 Å². The second kappa shape index (κ2) is 6.70. The second-order valence-electron chi connectivity index (χ2n) is 4.83. The number of benzene rings is 2. The standard InChI is InChI=1S/C16H16BrClFN/c1-10-3-4-12(8-15(10)18)16(20-2)7-11-5-13(17)9-14(19)6-11/h3-6,8-9,16,20H,7H2,1-2H3. The van der Waals surface area contributed by atoms with E-state index in [1.807, 2.05) is 32.2 Å². The number of halogens is 3. The summed E-state index contributed by atoms with van der Waals surface area (Å²) in [7, 11) is 1.90. The maximum atomic E-state index is 13.4. The van der Waals surface area contributed by atoms with Crippen LogP contribution in [0.2, 0.25) is 5.02 Å². The van der Waals surface area contributed by atoms with Crippen LogP contribution in [0.1, 0.15) is 22.7 Å². The van der Waals surface area contributed by atoms with Crippen molar-refractivity contribution in [1.29, 1.82) is 0 Å². The largest absolute Gasteiger partial charge is 0.313 e. The van der Waals surface area contributed by atoms with Gasteiger partial charge >= 0.3 is 0 Å². The topological polar surface area (TPSA) is 12.0 Å². The first-order chi connectivity index (χ1) is 9.49. The first-order valence-corrected chi connectivity index (χ1v) is 7.55. The predicted octanol–water partition coefficient (Wildman–Crippen LogP) is 5.05. The van der Waals surface area contributed by atoms with Crippen LogP contribution in [-0.2, 0) is 6.42 Å². The molecule has 0 aliphatic rings. The number of nitrogens with one attached hydrogen (secondary N) is 1. The molecule has 2 aromatic carbocycles. The van der Waals surface area contributed by atoms with Gasteiger partial charge in [0.1, 0.15) is 5.82 Å². The normalized spacial score (nSPS) is 12.4. The van der Waals surface area contributed by atoms with E-state index in [4.69, 9.17) is 11.6 Å². The average molecular weight is 357 g/mol. The molecule has 0 amide bonds. The molecule has 0 radical (unpaired) electrons. The molecule has 0 spiro atoms. The summed E-state index contributed by atoms with van der Waals surface area (Å²) in [6.07, 6.45) is 0.701. The molecular weight excluding hydrogens is 341 g/mol. The van der Waals surface area contributed by atoms with E-state index in [1.165, 1.54) is 6.07 Å². The van der Waals surface area contributed by atoms with Gasteiger partial charge in [0.2, 0.25) is 0 Å². The van der Waals surface area contributed by atoms with Crippen LogP contribution in [0.25, 0.3) is 0 Å². The number of rotatable bonds is 4. The van der Waals surface area contributed by atoms with Crippen LogP contribution in [0.5, 0.6) is 0 Å². The Hall–Kier alpha value is -0.900. The van der Waals surface area contributed by atoms with Gasteiger partial charge in [-0.1, -0.05) is 39.7 Å². The van der Waals surface area contributed by atoms with Gasteiger partial charge in [0.15, 0.2) is 0 Å². The van der Waals surface area contributed by atoms with Gasteiger partial charge in [0, 0.05) is 15.5 Å². The highest BCUT2D eigenvalue weighted by atomic mass is 79.9. The summed E-state index contributed by atoms with van der Waals surface area (Å²) >= 11 is 9.49. The molecule has 1 N–H and O–H groups in total. The van der Waals surface area contributed by atoms with E-state index in [-0.39, 0.29) is 11.9 Å². The van der Waals surface area contributed by atoms with Crippen LogP contribution in [0.3, 0.4) is 0 Å². The van der Waals surface area contributed by atoms with E-state index in [2.05, 4.69) is 27.3 Å². The Morgan fingerprint density at radius 2 is 2.00 bits per heavy atom. The van der Waals surface area contributed by atoms with E-state index in [1.54, 1.807) is 6.07 Å². The fourth-order valence-corrected chi connectivity index (χ4v) is 2.88. The maximum absolute atomic E-state index is 13.4. The fraction of sp³-hybridized carbons (Fsp3) is 0.250. The molecule has 2 rings (SSSR count). The Balaban J connectivity index is 2.26. The fourth-order valence-electron chi connectivity index (χ4n) is 2.18. The number of hydrogen-bond acceptors (Lipinski definition) is 1. The number of likely N-dealkylation sites (N-methyl/N-ethyl adjacent to an activating group) is 1. The molecule has 20 heavy (non-hydrogen) atoms. The molecular formula is C16H16BrClFN. The minimum Gasteiger partial charge on any atom is -0.313 e. The van der Waals surface area contributed by atoms with Gasteiger partial charge in [-0.2, -0.15) is 0 Å². The second-order valence-corrected chi connectivity index (χ2v) is 6.15. The smallest absolute Gasteiger partial charge is 0.124 e. The Morgan fingerprint density at radius 3 is 2.60 bits per heavy atom. The molecule has 0 bridgehead atoms. The lowest BCUT2D eigenvalue weighted by Gasteiger charge is -2.18. The van der Waals surface area contributed by atoms with E-state index in [0.29, 0.717) is 6.42 Å². The number of aryl methyl sites for hydroxylation is 1. The van der Waals surface area contributed by atoms with E-state index in [0.717, 1.165) is 26.2 Å². The first kappa shape index (κ1) is 15.5. The first-order valence-electron chi connectivity index (χ1n) is 6.38. The van der Waals surface area contributed by atoms with Crippen LogP contribution in [0.15, 0.2) is 40.9 Å². The van der Waals surface area contributed by atoms with Crippen molar-refractivity contribution in [2.75, 3.05) is 7.05 Å². The van der Waals surface area contributed by atoms with Crippen LogP contribution >= 0.6 is 27.5 Å². The molecule has 1 unspecified atom stereocenters. The van der Waals surface area contributed by atoms with E-state index in [9.17, 15) is 4.39 Å². The van der Waals surface area contributed by atoms with Crippen LogP contribution in [0, 0.1) is 12.7 Å². The van der Waals surface area contributed by atoms with Crippen LogP contribution in [0.4, 0.5) is 4.39 Å². The summed E-state index contributed by atoms with van der Waals surface area (Å²) in [5.74, 6) is -0.230. The highest BCUT2D eigenvalue weighted by molar-refractivity contribution is 9.10. The van der Waals surface area contributed by atoms with Gasteiger partial charge in [-0.05, 0) is 61.3 Å². The Morgan fingerprint density at radius 1 is 1.25 bits per heavy atom. The highest BCUT2D eigenvalue weighted by Gasteiger charge is 2.12. The van der Waals surface area contributed by atoms with Crippen molar-refractivity contribution in [3.8, 4) is 0 Å². The molecule has 0 aromatic heterocycles. The van der Waals surface area contributed by atoms with Crippen molar-refractivity contribution < 1.29 is 4.39 Å². The molecule has 1 atom stereocenters. The van der Waals surface area contributed by atoms with Crippen molar-refractivity contribution in [1.82, 2.24) is 5.32 Å². The lowest BCUT2D eigenvalue weighted by atomic mass is 9.98. The lowest BCUT2D eigenvalue weighted by molar-refractivity contribution is 0.583. The minimum atomic E-state index is -0.230. The molecule has 0 heterocycles. The van der Waals surface area contributed by atoms with Crippen LogP contribution < -0.4 is 5.32 Å². The van der Waals surface area contributed by atoms with Gasteiger partial charge in [-0.25, -0.2) is 4.39 Å². The Bertz CT molecular complexity index is 595. The van der Waals surface area contributed by atoms with Gasteiger partial charge in [-0.15, -0.1) is 0 Å². The van der Waals surface area contributed by atoms with Crippen molar-refractivity contribution in [2.45, 2.75) is 19.4 Å². The lowest BCUT2D eigenvalue weighted by Crippen LogP contribution is -2.19. The molecule has 1 nitrogen and oxygen atoms in total. The van der Waals surface area contributed by atoms with Gasteiger partial charge < -0.3 is 5.32 Å². The third kappa shape index (κ3) is 3.81. The van der Waals surface area contributed by atoms with Crippen molar-refractivity contribution in [3.05, 3.63) is 68.4 Å². The summed E-state index contributed by atoms with van der Waals surface area (Å²) in [4.78, 5) is 0. The molecule has 0 aliphatic carbocycles. The monoisotopic (exact) mass is 355 g/mol. The Kier molecular flexibility index (Phi) is 5.19. The third-order valence-electron chi connectivity index (χ3n) is 3.31. The third-order valence-corrected chi connectivity index (χ3v) is 4.17. The summed E-state index contributed by atoms with van der Waals surface area (Å²) in [6, 6.07) is 11.1. The molecule has 0 aliphatic heterocycles. The van der Waals surface area contributed by atoms with Crippen molar-refractivity contribution in [3.63, 3.8) is 0 Å². The Labute approximate surface area is 132 Å². The van der Waals surface area contributed by atoms with Crippen LogP contribution in [-0.4, -0.2) is 7.05 Å². The van der Waals surface area contributed by atoms with Gasteiger partial charge in [0.05, 0.1) is 0 Å². The average Bonchev–Trinajstić information content (AvgIpc) is 2.38. The molecule has 0 saturated heterocycles. The summed E-state index contributed by atoms with van der Waals surface area (Å²) in [5.41, 5.74) is 3.09. The molecule has 2 aromatic rings. The maximum Gasteiger partial charge on any atom is 0.124 e. The molecule has 0 fully saturated rings. The van der Waals surface area contributed by atoms with Gasteiger partial charge in [0.25, 0.3) is 0 Å². The summed E-state index contributed by atoms with van der Waals surface area (Å²) in [5, 5.41) is 4.01. The van der Waals surface area contributed by atoms with E-state index >= 15 is 0 Å². The van der Waals surface area contributed by atoms with E-state index < -0.39 is 0 Å². The highest BCUT2D eigenvalue weighted by Crippen LogP contribution is 2.25. The predicted molar refractivity (Wildman–Crippen MR) is 85.8 cm³/mol. The summed E-state index contributed by atoms with van der Waals surface area (Å²) in [6.45, 7) is 1.98.